The predicted molar refractivity (Wildman–Crippen MR) is 148 cm³/mol. The molecular formula is C30H29NO6S. The van der Waals surface area contributed by atoms with Crippen LogP contribution in [0.2, 0.25) is 0 Å². The zero-order valence-electron chi connectivity index (χ0n) is 21.7. The van der Waals surface area contributed by atoms with E-state index in [4.69, 9.17) is 14.2 Å². The number of imide groups is 1. The highest BCUT2D eigenvalue weighted by Gasteiger charge is 2.35. The molecule has 0 aromatic heterocycles. The van der Waals surface area contributed by atoms with Crippen molar-refractivity contribution < 1.29 is 28.6 Å². The monoisotopic (exact) mass is 531 g/mol. The maximum Gasteiger partial charge on any atom is 0.343 e. The molecule has 196 valence electrons. The van der Waals surface area contributed by atoms with Crippen LogP contribution < -0.4 is 14.2 Å². The van der Waals surface area contributed by atoms with E-state index in [2.05, 4.69) is 13.8 Å². The number of ether oxygens (including phenoxy) is 3. The van der Waals surface area contributed by atoms with Gasteiger partial charge in [0, 0.05) is 0 Å². The second-order valence-corrected chi connectivity index (χ2v) is 10.0. The summed E-state index contributed by atoms with van der Waals surface area (Å²) in [5.74, 6) is 0.746. The van der Waals surface area contributed by atoms with E-state index in [9.17, 15) is 14.4 Å². The van der Waals surface area contributed by atoms with Gasteiger partial charge in [-0.15, -0.1) is 0 Å². The molecule has 38 heavy (non-hydrogen) atoms. The van der Waals surface area contributed by atoms with Crippen LogP contribution >= 0.6 is 11.8 Å². The van der Waals surface area contributed by atoms with E-state index in [1.54, 1.807) is 48.5 Å². The van der Waals surface area contributed by atoms with Crippen molar-refractivity contribution in [1.29, 1.82) is 0 Å². The van der Waals surface area contributed by atoms with Crippen molar-refractivity contribution in [2.24, 2.45) is 0 Å². The summed E-state index contributed by atoms with van der Waals surface area (Å²) in [5.41, 5.74) is 3.20. The quantitative estimate of drug-likeness (QED) is 0.178. The van der Waals surface area contributed by atoms with Crippen LogP contribution in [0.1, 0.15) is 46.8 Å². The molecule has 0 bridgehead atoms. The minimum absolute atomic E-state index is 0.144. The van der Waals surface area contributed by atoms with Crippen LogP contribution in [0, 0.1) is 6.92 Å². The first kappa shape index (κ1) is 27.0. The van der Waals surface area contributed by atoms with Gasteiger partial charge in [-0.05, 0) is 77.7 Å². The van der Waals surface area contributed by atoms with Crippen molar-refractivity contribution in [1.82, 2.24) is 4.90 Å². The lowest BCUT2D eigenvalue weighted by Crippen LogP contribution is -2.32. The van der Waals surface area contributed by atoms with Crippen LogP contribution in [0.15, 0.2) is 71.6 Å². The predicted octanol–water partition coefficient (Wildman–Crippen LogP) is 6.46. The van der Waals surface area contributed by atoms with Crippen LogP contribution in [-0.2, 0) is 4.79 Å². The van der Waals surface area contributed by atoms with Crippen LogP contribution in [0.3, 0.4) is 0 Å². The SMILES string of the molecule is COc1cc(/C=C2\SC(=O)N(CCOc3cc(C)ccc3C(C)C)C2=O)ccc1OC(=O)c1ccccc1. The van der Waals surface area contributed by atoms with Crippen molar-refractivity contribution >= 4 is 35.0 Å². The highest BCUT2D eigenvalue weighted by molar-refractivity contribution is 8.18. The molecular weight excluding hydrogens is 502 g/mol. The third kappa shape index (κ3) is 6.26. The van der Waals surface area contributed by atoms with Crippen molar-refractivity contribution in [2.75, 3.05) is 20.3 Å². The highest BCUT2D eigenvalue weighted by Crippen LogP contribution is 2.35. The van der Waals surface area contributed by atoms with Gasteiger partial charge in [-0.25, -0.2) is 4.79 Å². The number of thioether (sulfide) groups is 1. The molecule has 1 aliphatic rings. The molecule has 1 saturated heterocycles. The van der Waals surface area contributed by atoms with Crippen molar-refractivity contribution in [3.05, 3.63) is 93.9 Å². The second-order valence-electron chi connectivity index (χ2n) is 9.04. The van der Waals surface area contributed by atoms with E-state index in [1.165, 1.54) is 12.0 Å². The zero-order valence-corrected chi connectivity index (χ0v) is 22.5. The van der Waals surface area contributed by atoms with Gasteiger partial charge in [-0.3, -0.25) is 14.5 Å². The molecule has 1 heterocycles. The Morgan fingerprint density at radius 1 is 0.974 bits per heavy atom. The van der Waals surface area contributed by atoms with E-state index < -0.39 is 5.97 Å². The Labute approximate surface area is 226 Å². The number of methoxy groups -OCH3 is 1. The molecule has 1 fully saturated rings. The second kappa shape index (κ2) is 12.0. The van der Waals surface area contributed by atoms with E-state index in [0.717, 1.165) is 28.6 Å². The van der Waals surface area contributed by atoms with Gasteiger partial charge >= 0.3 is 5.97 Å². The summed E-state index contributed by atoms with van der Waals surface area (Å²) in [6.45, 7) is 6.52. The van der Waals surface area contributed by atoms with Gasteiger partial charge in [0.2, 0.25) is 0 Å². The average Bonchev–Trinajstić information content (AvgIpc) is 3.17. The minimum Gasteiger partial charge on any atom is -0.493 e. The molecule has 0 spiro atoms. The Hall–Kier alpha value is -4.04. The summed E-state index contributed by atoms with van der Waals surface area (Å²) in [6.07, 6.45) is 1.62. The lowest BCUT2D eigenvalue weighted by Gasteiger charge is -2.17. The standard InChI is InChI=1S/C30H29NO6S/c1-19(2)23-12-10-20(3)16-25(23)36-15-14-31-28(32)27(38-30(31)34)18-21-11-13-24(26(17-21)35-4)37-29(33)22-8-6-5-7-9-22/h5-13,16-19H,14-15H2,1-4H3/b27-18-. The number of hydrogen-bond donors (Lipinski definition) is 0. The number of amides is 2. The fourth-order valence-electron chi connectivity index (χ4n) is 3.93. The average molecular weight is 532 g/mol. The molecule has 0 unspecified atom stereocenters. The number of hydrogen-bond acceptors (Lipinski definition) is 7. The Morgan fingerprint density at radius 3 is 2.45 bits per heavy atom. The summed E-state index contributed by atoms with van der Waals surface area (Å²) in [7, 11) is 1.46. The molecule has 0 aliphatic carbocycles. The summed E-state index contributed by atoms with van der Waals surface area (Å²) in [4.78, 5) is 39.5. The van der Waals surface area contributed by atoms with Gasteiger partial charge < -0.3 is 14.2 Å². The lowest BCUT2D eigenvalue weighted by atomic mass is 10.0. The number of nitrogens with zero attached hydrogens (tertiary/aromatic N) is 1. The minimum atomic E-state index is -0.508. The fourth-order valence-corrected chi connectivity index (χ4v) is 4.79. The first-order valence-corrected chi connectivity index (χ1v) is 13.0. The van der Waals surface area contributed by atoms with Gasteiger partial charge in [0.15, 0.2) is 11.5 Å². The number of rotatable bonds is 9. The van der Waals surface area contributed by atoms with Gasteiger partial charge in [-0.1, -0.05) is 50.2 Å². The molecule has 8 heteroatoms. The van der Waals surface area contributed by atoms with Crippen LogP contribution in [0.4, 0.5) is 4.79 Å². The van der Waals surface area contributed by atoms with E-state index in [0.29, 0.717) is 21.8 Å². The fraction of sp³-hybridized carbons (Fsp3) is 0.233. The Kier molecular flexibility index (Phi) is 8.53. The highest BCUT2D eigenvalue weighted by atomic mass is 32.2. The topological polar surface area (TPSA) is 82.1 Å². The van der Waals surface area contributed by atoms with Gasteiger partial charge in [0.1, 0.15) is 12.4 Å². The number of carbonyl (C=O) groups is 3. The Morgan fingerprint density at radius 2 is 1.74 bits per heavy atom. The summed E-state index contributed by atoms with van der Waals surface area (Å²) in [6, 6.07) is 19.6. The van der Waals surface area contributed by atoms with Crippen molar-refractivity contribution in [2.45, 2.75) is 26.7 Å². The largest absolute Gasteiger partial charge is 0.493 e. The maximum atomic E-state index is 13.0. The normalized spacial score (nSPS) is 14.3. The molecule has 0 N–H and O–H groups in total. The van der Waals surface area contributed by atoms with Gasteiger partial charge in [0.25, 0.3) is 11.1 Å². The first-order valence-electron chi connectivity index (χ1n) is 12.2. The summed E-state index contributed by atoms with van der Waals surface area (Å²) in [5, 5.41) is -0.349. The third-order valence-electron chi connectivity index (χ3n) is 5.93. The number of benzene rings is 3. The van der Waals surface area contributed by atoms with E-state index in [-0.39, 0.29) is 36.0 Å². The van der Waals surface area contributed by atoms with Crippen LogP contribution in [0.5, 0.6) is 17.2 Å². The van der Waals surface area contributed by atoms with Crippen LogP contribution in [0.25, 0.3) is 6.08 Å². The molecule has 7 nitrogen and oxygen atoms in total. The molecule has 0 saturated carbocycles. The number of carbonyl (C=O) groups excluding carboxylic acids is 3. The number of esters is 1. The Balaban J connectivity index is 1.43. The lowest BCUT2D eigenvalue weighted by molar-refractivity contribution is -0.123. The molecule has 0 atom stereocenters. The smallest absolute Gasteiger partial charge is 0.343 e. The Bertz CT molecular complexity index is 1380. The zero-order chi connectivity index (χ0) is 27.2. The van der Waals surface area contributed by atoms with E-state index >= 15 is 0 Å². The van der Waals surface area contributed by atoms with Gasteiger partial charge in [0.05, 0.1) is 24.1 Å². The molecule has 1 aliphatic heterocycles. The molecule has 4 rings (SSSR count). The molecule has 2 amide bonds. The molecule has 0 radical (unpaired) electrons. The van der Waals surface area contributed by atoms with Crippen molar-refractivity contribution in [3.63, 3.8) is 0 Å². The third-order valence-corrected chi connectivity index (χ3v) is 6.84. The molecule has 3 aromatic carbocycles. The maximum absolute atomic E-state index is 13.0. The van der Waals surface area contributed by atoms with Crippen LogP contribution in [-0.4, -0.2) is 42.3 Å². The van der Waals surface area contributed by atoms with Crippen molar-refractivity contribution in [3.8, 4) is 17.2 Å². The first-order chi connectivity index (χ1) is 18.3. The molecule has 3 aromatic rings. The number of aryl methyl sites for hydroxylation is 1. The summed E-state index contributed by atoms with van der Waals surface area (Å²) >= 11 is 0.876. The van der Waals surface area contributed by atoms with Gasteiger partial charge in [-0.2, -0.15) is 0 Å². The van der Waals surface area contributed by atoms with E-state index in [1.807, 2.05) is 31.2 Å². The summed E-state index contributed by atoms with van der Waals surface area (Å²) < 4.78 is 16.8.